The minimum Gasteiger partial charge on any atom is -0.406 e. The molecule has 1 fully saturated rings. The van der Waals surface area contributed by atoms with Crippen LogP contribution in [0.15, 0.2) is 40.7 Å². The summed E-state index contributed by atoms with van der Waals surface area (Å²) in [5, 5.41) is 2.69. The van der Waals surface area contributed by atoms with E-state index in [1.165, 1.54) is 15.6 Å². The van der Waals surface area contributed by atoms with E-state index in [1.807, 2.05) is 10.3 Å². The van der Waals surface area contributed by atoms with Gasteiger partial charge in [-0.15, -0.1) is 24.5 Å². The highest BCUT2D eigenvalue weighted by molar-refractivity contribution is 7.89. The molecule has 1 aliphatic heterocycles. The summed E-state index contributed by atoms with van der Waals surface area (Å²) in [5.74, 6) is -0.458. The van der Waals surface area contributed by atoms with Gasteiger partial charge in [0.25, 0.3) is 0 Å². The van der Waals surface area contributed by atoms with Crippen LogP contribution in [-0.2, 0) is 10.0 Å². The van der Waals surface area contributed by atoms with Gasteiger partial charge in [-0.1, -0.05) is 0 Å². The minimum absolute atomic E-state index is 0.0651. The van der Waals surface area contributed by atoms with E-state index in [0.717, 1.165) is 29.4 Å². The number of aromatic nitrogens is 1. The fourth-order valence-corrected chi connectivity index (χ4v) is 4.57. The average molecular weight is 393 g/mol. The second-order valence-corrected chi connectivity index (χ2v) is 8.04. The molecule has 2 heterocycles. The summed E-state index contributed by atoms with van der Waals surface area (Å²) < 4.78 is 66.8. The molecular formula is C14H14F3N3O3S2. The summed E-state index contributed by atoms with van der Waals surface area (Å²) in [5.41, 5.74) is 0. The number of ether oxygens (including phenoxy) is 1. The highest BCUT2D eigenvalue weighted by Gasteiger charge is 2.32. The summed E-state index contributed by atoms with van der Waals surface area (Å²) in [4.78, 5) is 6.13. The third-order valence-corrected chi connectivity index (χ3v) is 6.37. The van der Waals surface area contributed by atoms with Gasteiger partial charge in [-0.3, -0.25) is 0 Å². The van der Waals surface area contributed by atoms with Crippen LogP contribution in [0.4, 0.5) is 18.3 Å². The molecular weight excluding hydrogens is 379 g/mol. The van der Waals surface area contributed by atoms with Crippen LogP contribution >= 0.6 is 11.3 Å². The number of benzene rings is 1. The van der Waals surface area contributed by atoms with E-state index < -0.39 is 22.1 Å². The van der Waals surface area contributed by atoms with Crippen LogP contribution in [0.2, 0.25) is 0 Å². The predicted molar refractivity (Wildman–Crippen MR) is 86.2 cm³/mol. The van der Waals surface area contributed by atoms with Crippen LogP contribution < -0.4 is 9.64 Å². The summed E-state index contributed by atoms with van der Waals surface area (Å²) >= 11 is 1.48. The largest absolute Gasteiger partial charge is 0.573 e. The normalized spacial score (nSPS) is 16.8. The molecule has 6 nitrogen and oxygen atoms in total. The fraction of sp³-hybridized carbons (Fsp3) is 0.357. The first kappa shape index (κ1) is 18.0. The number of alkyl halides is 3. The highest BCUT2D eigenvalue weighted by atomic mass is 32.2. The average Bonchev–Trinajstić information content (AvgIpc) is 3.08. The Kier molecular flexibility index (Phi) is 4.89. The Hall–Kier alpha value is -1.85. The maximum Gasteiger partial charge on any atom is 0.573 e. The van der Waals surface area contributed by atoms with E-state index in [4.69, 9.17) is 0 Å². The number of halogens is 3. The molecule has 1 aromatic carbocycles. The molecule has 1 aliphatic rings. The van der Waals surface area contributed by atoms with Gasteiger partial charge in [0.15, 0.2) is 5.13 Å². The molecule has 3 rings (SSSR count). The predicted octanol–water partition coefficient (Wildman–Crippen LogP) is 2.55. The quantitative estimate of drug-likeness (QED) is 0.799. The molecule has 0 atom stereocenters. The molecule has 0 saturated carbocycles. The molecule has 1 saturated heterocycles. The van der Waals surface area contributed by atoms with Crippen LogP contribution in [0, 0.1) is 0 Å². The first-order chi connectivity index (χ1) is 11.8. The SMILES string of the molecule is O=S(=O)(c1ccc(OC(F)(F)F)cc1)N1CCN(c2nccs2)CC1. The van der Waals surface area contributed by atoms with E-state index in [1.54, 1.807) is 6.20 Å². The zero-order chi connectivity index (χ0) is 18.1. The van der Waals surface area contributed by atoms with Gasteiger partial charge in [-0.2, -0.15) is 4.31 Å². The Balaban J connectivity index is 1.68. The summed E-state index contributed by atoms with van der Waals surface area (Å²) in [6.45, 7) is 1.56. The van der Waals surface area contributed by atoms with Crippen molar-refractivity contribution in [1.29, 1.82) is 0 Å². The van der Waals surface area contributed by atoms with Gasteiger partial charge in [0.05, 0.1) is 4.90 Å². The molecule has 0 bridgehead atoms. The van der Waals surface area contributed by atoms with E-state index in [-0.39, 0.29) is 18.0 Å². The number of rotatable bonds is 4. The van der Waals surface area contributed by atoms with Gasteiger partial charge >= 0.3 is 6.36 Å². The molecule has 0 unspecified atom stereocenters. The molecule has 0 aliphatic carbocycles. The first-order valence-electron chi connectivity index (χ1n) is 7.26. The van der Waals surface area contributed by atoms with Crippen LogP contribution in [0.5, 0.6) is 5.75 Å². The van der Waals surface area contributed by atoms with Gasteiger partial charge in [-0.25, -0.2) is 13.4 Å². The van der Waals surface area contributed by atoms with Crippen molar-refractivity contribution in [1.82, 2.24) is 9.29 Å². The molecule has 1 aromatic heterocycles. The zero-order valence-electron chi connectivity index (χ0n) is 12.8. The van der Waals surface area contributed by atoms with Crippen molar-refractivity contribution in [2.45, 2.75) is 11.3 Å². The van der Waals surface area contributed by atoms with E-state index in [2.05, 4.69) is 9.72 Å². The molecule has 11 heteroatoms. The number of hydrogen-bond acceptors (Lipinski definition) is 6. The fourth-order valence-electron chi connectivity index (χ4n) is 2.45. The number of piperazine rings is 1. The lowest BCUT2D eigenvalue weighted by Gasteiger charge is -2.33. The summed E-state index contributed by atoms with van der Waals surface area (Å²) in [6, 6.07) is 4.21. The summed E-state index contributed by atoms with van der Waals surface area (Å²) in [7, 11) is -3.76. The topological polar surface area (TPSA) is 62.7 Å². The molecule has 0 N–H and O–H groups in total. The number of thiazole rings is 1. The van der Waals surface area contributed by atoms with E-state index in [9.17, 15) is 21.6 Å². The Morgan fingerprint density at radius 1 is 1.08 bits per heavy atom. The second-order valence-electron chi connectivity index (χ2n) is 5.23. The van der Waals surface area contributed by atoms with Crippen molar-refractivity contribution >= 4 is 26.5 Å². The molecule has 136 valence electrons. The van der Waals surface area contributed by atoms with E-state index >= 15 is 0 Å². The van der Waals surface area contributed by atoms with Gasteiger partial charge in [-0.05, 0) is 24.3 Å². The van der Waals surface area contributed by atoms with Crippen molar-refractivity contribution in [3.05, 3.63) is 35.8 Å². The number of nitrogens with zero attached hydrogens (tertiary/aromatic N) is 3. The minimum atomic E-state index is -4.81. The van der Waals surface area contributed by atoms with Gasteiger partial charge < -0.3 is 9.64 Å². The molecule has 2 aromatic rings. The standard InChI is InChI=1S/C14H14F3N3O3S2/c15-14(16,17)23-11-1-3-12(4-2-11)25(21,22)20-8-6-19(7-9-20)13-18-5-10-24-13/h1-5,10H,6-9H2. The number of hydrogen-bond donors (Lipinski definition) is 0. The molecule has 25 heavy (non-hydrogen) atoms. The molecule has 0 amide bonds. The van der Waals surface area contributed by atoms with Gasteiger partial charge in [0.2, 0.25) is 10.0 Å². The highest BCUT2D eigenvalue weighted by Crippen LogP contribution is 2.26. The second kappa shape index (κ2) is 6.81. The zero-order valence-corrected chi connectivity index (χ0v) is 14.4. The third kappa shape index (κ3) is 4.22. The van der Waals surface area contributed by atoms with Crippen molar-refractivity contribution < 1.29 is 26.3 Å². The third-order valence-electron chi connectivity index (χ3n) is 3.62. The van der Waals surface area contributed by atoms with Crippen LogP contribution in [0.25, 0.3) is 0 Å². The Labute approximate surface area is 146 Å². The van der Waals surface area contributed by atoms with Crippen molar-refractivity contribution in [3.63, 3.8) is 0 Å². The van der Waals surface area contributed by atoms with Crippen LogP contribution in [0.3, 0.4) is 0 Å². The van der Waals surface area contributed by atoms with Crippen LogP contribution in [-0.4, -0.2) is 50.2 Å². The van der Waals surface area contributed by atoms with Crippen molar-refractivity contribution in [2.24, 2.45) is 0 Å². The lowest BCUT2D eigenvalue weighted by atomic mass is 10.3. The number of sulfonamides is 1. The Morgan fingerprint density at radius 3 is 2.24 bits per heavy atom. The van der Waals surface area contributed by atoms with Crippen molar-refractivity contribution in [3.8, 4) is 5.75 Å². The lowest BCUT2D eigenvalue weighted by molar-refractivity contribution is -0.274. The first-order valence-corrected chi connectivity index (χ1v) is 9.58. The Bertz CT molecular complexity index is 800. The number of anilines is 1. The lowest BCUT2D eigenvalue weighted by Crippen LogP contribution is -2.48. The Morgan fingerprint density at radius 2 is 1.72 bits per heavy atom. The smallest absolute Gasteiger partial charge is 0.406 e. The monoisotopic (exact) mass is 393 g/mol. The van der Waals surface area contributed by atoms with Gasteiger partial charge in [0, 0.05) is 37.8 Å². The summed E-state index contributed by atoms with van der Waals surface area (Å²) in [6.07, 6.45) is -3.12. The van der Waals surface area contributed by atoms with Gasteiger partial charge in [0.1, 0.15) is 5.75 Å². The molecule has 0 spiro atoms. The van der Waals surface area contributed by atoms with Crippen LogP contribution in [0.1, 0.15) is 0 Å². The van der Waals surface area contributed by atoms with E-state index in [0.29, 0.717) is 13.1 Å². The van der Waals surface area contributed by atoms with Crippen molar-refractivity contribution in [2.75, 3.05) is 31.1 Å². The maximum atomic E-state index is 12.6. The maximum absolute atomic E-state index is 12.6. The molecule has 0 radical (unpaired) electrons.